The Morgan fingerprint density at radius 1 is 1.44 bits per heavy atom. The van der Waals surface area contributed by atoms with Gasteiger partial charge in [0.25, 0.3) is 0 Å². The Morgan fingerprint density at radius 2 is 2.11 bits per heavy atom. The van der Waals surface area contributed by atoms with Crippen LogP contribution in [0.15, 0.2) is 5.38 Å². The number of hydrogen-bond acceptors (Lipinski definition) is 3. The summed E-state index contributed by atoms with van der Waals surface area (Å²) in [5.74, 6) is 0. The monoisotopic (exact) mass is 202 g/mol. The Balaban J connectivity index is 2.90. The van der Waals surface area contributed by atoms with Gasteiger partial charge in [-0.05, 0) is 11.5 Å². The van der Waals surface area contributed by atoms with Gasteiger partial charge >= 0.3 is 0 Å². The van der Waals surface area contributed by atoms with Crippen molar-refractivity contribution in [3.63, 3.8) is 0 Å². The van der Waals surface area contributed by atoms with Crippen LogP contribution in [-0.4, -0.2) is 9.59 Å². The predicted octanol–water partition coefficient (Wildman–Crippen LogP) is 2.36. The lowest BCUT2D eigenvalue weighted by molar-refractivity contribution is 1.02. The molecule has 0 N–H and O–H groups in total. The van der Waals surface area contributed by atoms with Crippen molar-refractivity contribution in [2.24, 2.45) is 0 Å². The molecule has 1 rings (SSSR count). The Kier molecular flexibility index (Phi) is 2.16. The number of rotatable bonds is 0. The van der Waals surface area contributed by atoms with Crippen LogP contribution in [0.4, 0.5) is 0 Å². The van der Waals surface area contributed by atoms with Gasteiger partial charge in [-0.2, -0.15) is 0 Å². The van der Waals surface area contributed by atoms with Crippen molar-refractivity contribution in [2.75, 3.05) is 0 Å². The Morgan fingerprint density at radius 3 is 2.33 bits per heavy atom. The van der Waals surface area contributed by atoms with E-state index < -0.39 is 3.79 Å². The van der Waals surface area contributed by atoms with Crippen LogP contribution in [0.3, 0.4) is 0 Å². The zero-order chi connectivity index (χ0) is 6.91. The number of aromatic nitrogens is 2. The highest BCUT2D eigenvalue weighted by atomic mass is 35.6. The Labute approximate surface area is 70.9 Å². The fourth-order valence-electron chi connectivity index (χ4n) is 0.288. The van der Waals surface area contributed by atoms with E-state index in [-0.39, 0.29) is 0 Å². The summed E-state index contributed by atoms with van der Waals surface area (Å²) in [6, 6.07) is 0. The van der Waals surface area contributed by atoms with Gasteiger partial charge in [0, 0.05) is 5.38 Å². The second-order valence-electron chi connectivity index (χ2n) is 1.29. The smallest absolute Gasteiger partial charge is 0.139 e. The molecule has 0 unspecified atom stereocenters. The molecule has 0 aliphatic carbocycles. The van der Waals surface area contributed by atoms with Gasteiger partial charge < -0.3 is 0 Å². The second kappa shape index (κ2) is 2.58. The third-order valence-electron chi connectivity index (χ3n) is 0.650. The van der Waals surface area contributed by atoms with Crippen molar-refractivity contribution in [1.82, 2.24) is 9.59 Å². The van der Waals surface area contributed by atoms with Gasteiger partial charge in [-0.3, -0.25) is 0 Å². The minimum absolute atomic E-state index is 0.373. The summed E-state index contributed by atoms with van der Waals surface area (Å²) in [5, 5.41) is 5.15. The standard InChI is InChI=1S/C3HCl3N2S/c4-3(5,6)2-1-9-8-7-2/h1H. The molecule has 50 valence electrons. The number of alkyl halides is 3. The molecule has 0 bridgehead atoms. The third kappa shape index (κ3) is 1.93. The third-order valence-corrected chi connectivity index (χ3v) is 1.74. The molecule has 6 heteroatoms. The van der Waals surface area contributed by atoms with Crippen LogP contribution in [-0.2, 0) is 3.79 Å². The molecule has 9 heavy (non-hydrogen) atoms. The molecule has 0 saturated heterocycles. The first kappa shape index (κ1) is 7.54. The summed E-state index contributed by atoms with van der Waals surface area (Å²) in [7, 11) is 0. The van der Waals surface area contributed by atoms with Gasteiger partial charge in [0.15, 0.2) is 0 Å². The molecule has 0 radical (unpaired) electrons. The Hall–Kier alpha value is 0.430. The molecular formula is C3HCl3N2S. The van der Waals surface area contributed by atoms with Crippen molar-refractivity contribution in [3.05, 3.63) is 11.1 Å². The molecule has 1 aromatic heterocycles. The quantitative estimate of drug-likeness (QED) is 0.605. The van der Waals surface area contributed by atoms with Crippen molar-refractivity contribution in [1.29, 1.82) is 0 Å². The summed E-state index contributed by atoms with van der Waals surface area (Å²) < 4.78 is 2.10. The summed E-state index contributed by atoms with van der Waals surface area (Å²) >= 11 is 17.5. The normalized spacial score (nSPS) is 11.9. The number of hydrogen-bond donors (Lipinski definition) is 0. The van der Waals surface area contributed by atoms with Crippen LogP contribution in [0.2, 0.25) is 0 Å². The average Bonchev–Trinajstić information content (AvgIpc) is 2.08. The summed E-state index contributed by atoms with van der Waals surface area (Å²) in [6.07, 6.45) is 0. The zero-order valence-corrected chi connectivity index (χ0v) is 7.10. The van der Waals surface area contributed by atoms with E-state index in [1.807, 2.05) is 0 Å². The van der Waals surface area contributed by atoms with Crippen molar-refractivity contribution in [2.45, 2.75) is 3.79 Å². The highest BCUT2D eigenvalue weighted by molar-refractivity contribution is 7.03. The van der Waals surface area contributed by atoms with Crippen molar-refractivity contribution in [3.8, 4) is 0 Å². The number of nitrogens with zero attached hydrogens (tertiary/aromatic N) is 2. The van der Waals surface area contributed by atoms with Gasteiger partial charge in [-0.25, -0.2) is 0 Å². The van der Waals surface area contributed by atoms with E-state index in [0.717, 1.165) is 11.5 Å². The van der Waals surface area contributed by atoms with Gasteiger partial charge in [0.2, 0.25) is 3.79 Å². The van der Waals surface area contributed by atoms with Crippen LogP contribution in [0.5, 0.6) is 0 Å². The fourth-order valence-corrected chi connectivity index (χ4v) is 1.27. The zero-order valence-electron chi connectivity index (χ0n) is 4.01. The molecule has 1 aromatic rings. The average molecular weight is 203 g/mol. The maximum Gasteiger partial charge on any atom is 0.235 e. The predicted molar refractivity (Wildman–Crippen MR) is 39.1 cm³/mol. The molecule has 2 nitrogen and oxygen atoms in total. The van der Waals surface area contributed by atoms with E-state index in [9.17, 15) is 0 Å². The van der Waals surface area contributed by atoms with Crippen LogP contribution >= 0.6 is 46.3 Å². The molecule has 0 spiro atoms. The van der Waals surface area contributed by atoms with Crippen LogP contribution < -0.4 is 0 Å². The van der Waals surface area contributed by atoms with Crippen LogP contribution in [0.1, 0.15) is 5.69 Å². The number of halogens is 3. The molecule has 0 saturated carbocycles. The van der Waals surface area contributed by atoms with Crippen molar-refractivity contribution < 1.29 is 0 Å². The lowest BCUT2D eigenvalue weighted by atomic mass is 10.6. The molecular weight excluding hydrogens is 202 g/mol. The molecule has 0 fully saturated rings. The lowest BCUT2D eigenvalue weighted by Crippen LogP contribution is -1.99. The van der Waals surface area contributed by atoms with Gasteiger partial charge in [0.05, 0.1) is 0 Å². The first-order valence-corrected chi connectivity index (χ1v) is 3.92. The highest BCUT2D eigenvalue weighted by Crippen LogP contribution is 2.36. The van der Waals surface area contributed by atoms with E-state index in [2.05, 4.69) is 9.59 Å². The Bertz CT molecular complexity index is 179. The minimum Gasteiger partial charge on any atom is -0.139 e. The molecule has 1 heterocycles. The van der Waals surface area contributed by atoms with E-state index >= 15 is 0 Å². The topological polar surface area (TPSA) is 25.8 Å². The van der Waals surface area contributed by atoms with Crippen molar-refractivity contribution >= 4 is 46.3 Å². The van der Waals surface area contributed by atoms with E-state index in [1.54, 1.807) is 5.38 Å². The molecule has 0 aromatic carbocycles. The van der Waals surface area contributed by atoms with Crippen LogP contribution in [0.25, 0.3) is 0 Å². The van der Waals surface area contributed by atoms with Gasteiger partial charge in [-0.1, -0.05) is 39.3 Å². The molecule has 0 atom stereocenters. The van der Waals surface area contributed by atoms with E-state index in [0.29, 0.717) is 5.69 Å². The van der Waals surface area contributed by atoms with Gasteiger partial charge in [-0.15, -0.1) is 5.10 Å². The van der Waals surface area contributed by atoms with E-state index in [4.69, 9.17) is 34.8 Å². The summed E-state index contributed by atoms with van der Waals surface area (Å²) in [6.45, 7) is 0. The maximum atomic E-state index is 5.43. The molecule has 0 aliphatic heterocycles. The summed E-state index contributed by atoms with van der Waals surface area (Å²) in [4.78, 5) is 0. The first-order valence-electron chi connectivity index (χ1n) is 1.95. The largest absolute Gasteiger partial charge is 0.235 e. The first-order chi connectivity index (χ1) is 4.11. The molecule has 0 aliphatic rings. The SMILES string of the molecule is ClC(Cl)(Cl)c1csnn1. The lowest BCUT2D eigenvalue weighted by Gasteiger charge is -2.03. The highest BCUT2D eigenvalue weighted by Gasteiger charge is 2.25. The van der Waals surface area contributed by atoms with Gasteiger partial charge in [0.1, 0.15) is 5.69 Å². The minimum atomic E-state index is -1.42. The van der Waals surface area contributed by atoms with Crippen LogP contribution in [0, 0.1) is 0 Å². The summed E-state index contributed by atoms with van der Waals surface area (Å²) in [5.41, 5.74) is 0.373. The maximum absolute atomic E-state index is 5.43. The fraction of sp³-hybridized carbons (Fsp3) is 0.333. The molecule has 0 amide bonds. The second-order valence-corrected chi connectivity index (χ2v) is 4.18. The van der Waals surface area contributed by atoms with E-state index in [1.165, 1.54) is 0 Å².